The quantitative estimate of drug-likeness (QED) is 0.753. The van der Waals surface area contributed by atoms with Crippen LogP contribution in [0.25, 0.3) is 0 Å². The molecule has 108 valence electrons. The summed E-state index contributed by atoms with van der Waals surface area (Å²) in [5, 5.41) is 12.0. The van der Waals surface area contributed by atoms with E-state index in [9.17, 15) is 9.59 Å². The van der Waals surface area contributed by atoms with Gasteiger partial charge in [-0.2, -0.15) is 0 Å². The van der Waals surface area contributed by atoms with E-state index < -0.39 is 11.9 Å². The minimum absolute atomic E-state index is 0.0336. The zero-order chi connectivity index (χ0) is 15.6. The Morgan fingerprint density at radius 1 is 1.10 bits per heavy atom. The first kappa shape index (κ1) is 15.2. The number of halogens is 2. The van der Waals surface area contributed by atoms with Crippen LogP contribution in [0.1, 0.15) is 20.7 Å². The van der Waals surface area contributed by atoms with Crippen molar-refractivity contribution in [1.82, 2.24) is 0 Å². The molecule has 2 aromatic rings. The second-order valence-electron chi connectivity index (χ2n) is 4.19. The fourth-order valence-electron chi connectivity index (χ4n) is 1.67. The number of aromatic carboxylic acids is 1. The lowest BCUT2D eigenvalue weighted by atomic mass is 10.1. The van der Waals surface area contributed by atoms with E-state index in [1.165, 1.54) is 30.3 Å². The van der Waals surface area contributed by atoms with Gasteiger partial charge in [0.15, 0.2) is 0 Å². The van der Waals surface area contributed by atoms with Crippen LogP contribution in [0.3, 0.4) is 0 Å². The molecule has 0 radical (unpaired) electrons. The van der Waals surface area contributed by atoms with E-state index in [1.807, 2.05) is 0 Å². The SMILES string of the molecule is Nc1cc(C(=O)O)ccc1NC(=O)c1cc(Cl)ccc1Cl. The molecule has 21 heavy (non-hydrogen) atoms. The maximum Gasteiger partial charge on any atom is 0.335 e. The molecule has 5 nitrogen and oxygen atoms in total. The van der Waals surface area contributed by atoms with Gasteiger partial charge in [-0.1, -0.05) is 23.2 Å². The number of hydrogen-bond donors (Lipinski definition) is 3. The maximum atomic E-state index is 12.1. The molecule has 0 atom stereocenters. The third-order valence-corrected chi connectivity index (χ3v) is 3.28. The molecule has 0 unspecified atom stereocenters. The fourth-order valence-corrected chi connectivity index (χ4v) is 2.05. The smallest absolute Gasteiger partial charge is 0.335 e. The van der Waals surface area contributed by atoms with E-state index in [4.69, 9.17) is 34.0 Å². The molecule has 0 aliphatic rings. The highest BCUT2D eigenvalue weighted by Gasteiger charge is 2.13. The number of nitrogens with two attached hydrogens (primary N) is 1. The van der Waals surface area contributed by atoms with Crippen LogP contribution in [-0.2, 0) is 0 Å². The zero-order valence-electron chi connectivity index (χ0n) is 10.6. The topological polar surface area (TPSA) is 92.4 Å². The number of carboxylic acids is 1. The van der Waals surface area contributed by atoms with E-state index in [0.717, 1.165) is 0 Å². The van der Waals surface area contributed by atoms with E-state index >= 15 is 0 Å². The molecule has 4 N–H and O–H groups in total. The molecule has 0 saturated carbocycles. The van der Waals surface area contributed by atoms with Crippen molar-refractivity contribution in [3.05, 3.63) is 57.6 Å². The first-order chi connectivity index (χ1) is 9.88. The second-order valence-corrected chi connectivity index (χ2v) is 5.03. The number of benzene rings is 2. The summed E-state index contributed by atoms with van der Waals surface area (Å²) in [6.45, 7) is 0. The van der Waals surface area contributed by atoms with Gasteiger partial charge in [0.05, 0.1) is 27.5 Å². The number of amides is 1. The van der Waals surface area contributed by atoms with Crippen LogP contribution >= 0.6 is 23.2 Å². The number of nitrogen functional groups attached to an aromatic ring is 1. The van der Waals surface area contributed by atoms with Crippen LogP contribution in [0, 0.1) is 0 Å². The third-order valence-electron chi connectivity index (χ3n) is 2.72. The van der Waals surface area contributed by atoms with Gasteiger partial charge < -0.3 is 16.2 Å². The highest BCUT2D eigenvalue weighted by Crippen LogP contribution is 2.24. The molecule has 2 aromatic carbocycles. The number of carbonyl (C=O) groups is 2. The number of nitrogens with one attached hydrogen (secondary N) is 1. The lowest BCUT2D eigenvalue weighted by Crippen LogP contribution is -2.14. The van der Waals surface area contributed by atoms with Gasteiger partial charge in [-0.25, -0.2) is 4.79 Å². The predicted octanol–water partition coefficient (Wildman–Crippen LogP) is 3.53. The van der Waals surface area contributed by atoms with E-state index in [1.54, 1.807) is 6.07 Å². The van der Waals surface area contributed by atoms with Gasteiger partial charge in [-0.3, -0.25) is 4.79 Å². The van der Waals surface area contributed by atoms with Crippen LogP contribution < -0.4 is 11.1 Å². The first-order valence-electron chi connectivity index (χ1n) is 5.77. The summed E-state index contributed by atoms with van der Waals surface area (Å²) in [5.41, 5.74) is 6.38. The third kappa shape index (κ3) is 3.45. The first-order valence-corrected chi connectivity index (χ1v) is 6.53. The summed E-state index contributed by atoms with van der Waals surface area (Å²) in [7, 11) is 0. The lowest BCUT2D eigenvalue weighted by molar-refractivity contribution is 0.0697. The standard InChI is InChI=1S/C14H10Cl2N2O3/c15-8-2-3-10(16)9(6-8)13(19)18-12-4-1-7(14(20)21)5-11(12)17/h1-6H,17H2,(H,18,19)(H,20,21). The molecule has 0 heterocycles. The van der Waals surface area contributed by atoms with Crippen molar-refractivity contribution >= 4 is 46.5 Å². The molecule has 0 spiro atoms. The summed E-state index contributed by atoms with van der Waals surface area (Å²) in [4.78, 5) is 22.9. The monoisotopic (exact) mass is 324 g/mol. The summed E-state index contributed by atoms with van der Waals surface area (Å²) < 4.78 is 0. The highest BCUT2D eigenvalue weighted by atomic mass is 35.5. The Labute approximate surface area is 130 Å². The van der Waals surface area contributed by atoms with Crippen molar-refractivity contribution in [2.24, 2.45) is 0 Å². The molecule has 0 saturated heterocycles. The van der Waals surface area contributed by atoms with Crippen molar-refractivity contribution in [2.75, 3.05) is 11.1 Å². The summed E-state index contributed by atoms with van der Waals surface area (Å²) in [6.07, 6.45) is 0. The largest absolute Gasteiger partial charge is 0.478 e. The number of carboxylic acid groups (broad SMARTS) is 1. The highest BCUT2D eigenvalue weighted by molar-refractivity contribution is 6.36. The molecule has 1 amide bonds. The summed E-state index contributed by atoms with van der Waals surface area (Å²) >= 11 is 11.8. The van der Waals surface area contributed by atoms with Crippen LogP contribution in [-0.4, -0.2) is 17.0 Å². The Balaban J connectivity index is 2.27. The van der Waals surface area contributed by atoms with Gasteiger partial charge >= 0.3 is 5.97 Å². The average Bonchev–Trinajstić information content (AvgIpc) is 2.43. The molecule has 0 aliphatic carbocycles. The van der Waals surface area contributed by atoms with Crippen molar-refractivity contribution < 1.29 is 14.7 Å². The summed E-state index contributed by atoms with van der Waals surface area (Å²) in [5.74, 6) is -1.59. The summed E-state index contributed by atoms with van der Waals surface area (Å²) in [6, 6.07) is 8.52. The zero-order valence-corrected chi connectivity index (χ0v) is 12.1. The van der Waals surface area contributed by atoms with E-state index in [2.05, 4.69) is 5.32 Å². The number of anilines is 2. The minimum atomic E-state index is -1.10. The van der Waals surface area contributed by atoms with Gasteiger partial charge in [0.1, 0.15) is 0 Å². The van der Waals surface area contributed by atoms with Gasteiger partial charge in [0.25, 0.3) is 5.91 Å². The Morgan fingerprint density at radius 2 is 1.81 bits per heavy atom. The molecule has 0 fully saturated rings. The van der Waals surface area contributed by atoms with Crippen LogP contribution in [0.2, 0.25) is 10.0 Å². The molecule has 0 aliphatic heterocycles. The maximum absolute atomic E-state index is 12.1. The Bertz CT molecular complexity index is 732. The van der Waals surface area contributed by atoms with Gasteiger partial charge in [-0.15, -0.1) is 0 Å². The normalized spacial score (nSPS) is 10.2. The van der Waals surface area contributed by atoms with E-state index in [0.29, 0.717) is 10.7 Å². The van der Waals surface area contributed by atoms with Crippen molar-refractivity contribution in [2.45, 2.75) is 0 Å². The van der Waals surface area contributed by atoms with E-state index in [-0.39, 0.29) is 21.8 Å². The van der Waals surface area contributed by atoms with Gasteiger partial charge in [-0.05, 0) is 36.4 Å². The molecule has 7 heteroatoms. The number of rotatable bonds is 3. The Kier molecular flexibility index (Phi) is 4.35. The molecular formula is C14H10Cl2N2O3. The van der Waals surface area contributed by atoms with Crippen molar-refractivity contribution in [3.8, 4) is 0 Å². The van der Waals surface area contributed by atoms with Crippen LogP contribution in [0.4, 0.5) is 11.4 Å². The second kappa shape index (κ2) is 6.03. The van der Waals surface area contributed by atoms with Crippen LogP contribution in [0.5, 0.6) is 0 Å². The molecular weight excluding hydrogens is 315 g/mol. The fraction of sp³-hybridized carbons (Fsp3) is 0. The lowest BCUT2D eigenvalue weighted by Gasteiger charge is -2.10. The Hall–Kier alpha value is -2.24. The molecule has 2 rings (SSSR count). The van der Waals surface area contributed by atoms with Gasteiger partial charge in [0, 0.05) is 5.02 Å². The number of carbonyl (C=O) groups excluding carboxylic acids is 1. The predicted molar refractivity (Wildman–Crippen MR) is 82.2 cm³/mol. The van der Waals surface area contributed by atoms with Crippen molar-refractivity contribution in [1.29, 1.82) is 0 Å². The molecule has 0 bridgehead atoms. The van der Waals surface area contributed by atoms with Crippen molar-refractivity contribution in [3.63, 3.8) is 0 Å². The molecule has 0 aromatic heterocycles. The Morgan fingerprint density at radius 3 is 2.43 bits per heavy atom. The number of hydrogen-bond acceptors (Lipinski definition) is 3. The van der Waals surface area contributed by atoms with Gasteiger partial charge in [0.2, 0.25) is 0 Å². The van der Waals surface area contributed by atoms with Crippen LogP contribution in [0.15, 0.2) is 36.4 Å². The minimum Gasteiger partial charge on any atom is -0.478 e. The average molecular weight is 325 g/mol.